The van der Waals surface area contributed by atoms with Crippen LogP contribution in [0.3, 0.4) is 0 Å². The normalized spacial score (nSPS) is 19.1. The van der Waals surface area contributed by atoms with E-state index in [0.717, 1.165) is 12.0 Å². The Morgan fingerprint density at radius 1 is 1.44 bits per heavy atom. The van der Waals surface area contributed by atoms with Crippen LogP contribution >= 0.6 is 23.2 Å². The second-order valence-corrected chi connectivity index (χ2v) is 5.24. The molecule has 0 aliphatic carbocycles. The number of amides is 1. The minimum Gasteiger partial charge on any atom is -0.341 e. The van der Waals surface area contributed by atoms with Crippen molar-refractivity contribution in [1.29, 1.82) is 0 Å². The quantitative estimate of drug-likeness (QED) is 0.780. The molecule has 2 nitrogen and oxygen atoms in total. The maximum atomic E-state index is 11.7. The van der Waals surface area contributed by atoms with E-state index < -0.39 is 0 Å². The van der Waals surface area contributed by atoms with Crippen LogP contribution < -0.4 is 0 Å². The molecule has 1 heterocycles. The number of benzene rings is 1. The van der Waals surface area contributed by atoms with Gasteiger partial charge in [-0.1, -0.05) is 29.3 Å². The van der Waals surface area contributed by atoms with Gasteiger partial charge >= 0.3 is 0 Å². The number of carbonyl (C=O) groups excluding carboxylic acids is 1. The largest absolute Gasteiger partial charge is 0.341 e. The van der Waals surface area contributed by atoms with Crippen molar-refractivity contribution in [2.24, 2.45) is 5.92 Å². The highest BCUT2D eigenvalue weighted by atomic mass is 35.5. The average molecular weight is 282 g/mol. The molecule has 2 rings (SSSR count). The van der Waals surface area contributed by atoms with E-state index in [4.69, 9.17) is 29.6 Å². The fourth-order valence-corrected chi connectivity index (χ4v) is 2.58. The van der Waals surface area contributed by atoms with E-state index in [0.29, 0.717) is 29.6 Å². The Balaban J connectivity index is 1.96. The van der Waals surface area contributed by atoms with Gasteiger partial charge in [0.2, 0.25) is 5.91 Å². The lowest BCUT2D eigenvalue weighted by Crippen LogP contribution is -2.27. The summed E-state index contributed by atoms with van der Waals surface area (Å²) >= 11 is 11.9. The number of carbonyl (C=O) groups is 1. The minimum absolute atomic E-state index is 0.0539. The molecule has 1 aromatic rings. The van der Waals surface area contributed by atoms with Gasteiger partial charge in [-0.05, 0) is 24.1 Å². The second-order valence-electron chi connectivity index (χ2n) is 4.39. The van der Waals surface area contributed by atoms with Crippen molar-refractivity contribution in [2.45, 2.75) is 12.8 Å². The first kappa shape index (κ1) is 13.3. The maximum Gasteiger partial charge on any atom is 0.223 e. The molecule has 18 heavy (non-hydrogen) atoms. The molecule has 1 fully saturated rings. The fourth-order valence-electron chi connectivity index (χ4n) is 2.08. The molecule has 1 aromatic carbocycles. The van der Waals surface area contributed by atoms with Gasteiger partial charge in [0.25, 0.3) is 0 Å². The predicted octanol–water partition coefficient (Wildman–Crippen LogP) is 3.02. The van der Waals surface area contributed by atoms with Crippen molar-refractivity contribution >= 4 is 29.1 Å². The Morgan fingerprint density at radius 2 is 2.22 bits per heavy atom. The Kier molecular flexibility index (Phi) is 4.16. The molecule has 0 bridgehead atoms. The zero-order valence-corrected chi connectivity index (χ0v) is 11.3. The maximum absolute atomic E-state index is 11.7. The molecular weight excluding hydrogens is 269 g/mol. The fraction of sp³-hybridized carbons (Fsp3) is 0.357. The minimum atomic E-state index is 0.0539. The molecule has 1 atom stereocenters. The Bertz CT molecular complexity index is 507. The Hall–Kier alpha value is -1.17. The molecule has 1 unspecified atom stereocenters. The molecule has 0 saturated carbocycles. The molecule has 1 saturated heterocycles. The number of halogens is 2. The molecule has 0 N–H and O–H groups in total. The number of rotatable bonds is 3. The van der Waals surface area contributed by atoms with E-state index >= 15 is 0 Å². The highest BCUT2D eigenvalue weighted by Gasteiger charge is 2.27. The first-order valence-corrected chi connectivity index (χ1v) is 6.53. The summed E-state index contributed by atoms with van der Waals surface area (Å²) in [6.07, 6.45) is 6.53. The van der Waals surface area contributed by atoms with Gasteiger partial charge in [0.15, 0.2) is 0 Å². The SMILES string of the molecule is C#CC1CC(=O)N(CCc2ccc(Cl)cc2Cl)C1. The van der Waals surface area contributed by atoms with Gasteiger partial charge < -0.3 is 4.90 Å². The summed E-state index contributed by atoms with van der Waals surface area (Å²) in [7, 11) is 0. The van der Waals surface area contributed by atoms with E-state index in [-0.39, 0.29) is 11.8 Å². The smallest absolute Gasteiger partial charge is 0.223 e. The summed E-state index contributed by atoms with van der Waals surface area (Å²) in [5.41, 5.74) is 0.998. The van der Waals surface area contributed by atoms with Gasteiger partial charge in [0, 0.05) is 35.5 Å². The van der Waals surface area contributed by atoms with Crippen molar-refractivity contribution in [3.05, 3.63) is 33.8 Å². The molecule has 1 aliphatic rings. The molecule has 0 radical (unpaired) electrons. The summed E-state index contributed by atoms with van der Waals surface area (Å²) in [6, 6.07) is 5.41. The summed E-state index contributed by atoms with van der Waals surface area (Å²) in [5, 5.41) is 1.26. The summed E-state index contributed by atoms with van der Waals surface area (Å²) in [6.45, 7) is 1.30. The number of hydrogen-bond donors (Lipinski definition) is 0. The molecule has 94 valence electrons. The van der Waals surface area contributed by atoms with Crippen LogP contribution in [-0.2, 0) is 11.2 Å². The van der Waals surface area contributed by atoms with E-state index in [9.17, 15) is 4.79 Å². The van der Waals surface area contributed by atoms with Crippen molar-refractivity contribution < 1.29 is 4.79 Å². The monoisotopic (exact) mass is 281 g/mol. The van der Waals surface area contributed by atoms with Gasteiger partial charge in [-0.25, -0.2) is 0 Å². The lowest BCUT2D eigenvalue weighted by molar-refractivity contribution is -0.127. The van der Waals surface area contributed by atoms with Crippen LogP contribution in [0, 0.1) is 18.3 Å². The average Bonchev–Trinajstić information content (AvgIpc) is 2.69. The highest BCUT2D eigenvalue weighted by Crippen LogP contribution is 2.23. The highest BCUT2D eigenvalue weighted by molar-refractivity contribution is 6.35. The zero-order chi connectivity index (χ0) is 13.1. The number of likely N-dealkylation sites (tertiary alicyclic amines) is 1. The Labute approximate surface area is 117 Å². The number of nitrogens with zero attached hydrogens (tertiary/aromatic N) is 1. The topological polar surface area (TPSA) is 20.3 Å². The molecule has 0 spiro atoms. The molecule has 1 aliphatic heterocycles. The van der Waals surface area contributed by atoms with Gasteiger partial charge in [0.05, 0.1) is 0 Å². The number of hydrogen-bond acceptors (Lipinski definition) is 1. The van der Waals surface area contributed by atoms with Crippen LogP contribution in [0.25, 0.3) is 0 Å². The Morgan fingerprint density at radius 3 is 2.83 bits per heavy atom. The van der Waals surface area contributed by atoms with E-state index in [1.807, 2.05) is 6.07 Å². The number of terminal acetylenes is 1. The third kappa shape index (κ3) is 2.98. The molecule has 4 heteroatoms. The van der Waals surface area contributed by atoms with Gasteiger partial charge in [-0.15, -0.1) is 12.3 Å². The first-order valence-electron chi connectivity index (χ1n) is 5.78. The lowest BCUT2D eigenvalue weighted by Gasteiger charge is -2.16. The molecule has 0 aromatic heterocycles. The van der Waals surface area contributed by atoms with Crippen LogP contribution in [-0.4, -0.2) is 23.9 Å². The summed E-state index contributed by atoms with van der Waals surface area (Å²) in [4.78, 5) is 13.5. The third-order valence-electron chi connectivity index (χ3n) is 3.12. The molecular formula is C14H13Cl2NO. The summed E-state index contributed by atoms with van der Waals surface area (Å²) in [5.74, 6) is 2.82. The van der Waals surface area contributed by atoms with Crippen molar-refractivity contribution in [2.75, 3.05) is 13.1 Å². The van der Waals surface area contributed by atoms with Crippen molar-refractivity contribution in [3.63, 3.8) is 0 Å². The van der Waals surface area contributed by atoms with E-state index in [2.05, 4.69) is 5.92 Å². The third-order valence-corrected chi connectivity index (χ3v) is 3.70. The second kappa shape index (κ2) is 5.65. The van der Waals surface area contributed by atoms with Crippen LogP contribution in [0.5, 0.6) is 0 Å². The van der Waals surface area contributed by atoms with Gasteiger partial charge in [-0.3, -0.25) is 4.79 Å². The van der Waals surface area contributed by atoms with Gasteiger partial charge in [0.1, 0.15) is 0 Å². The lowest BCUT2D eigenvalue weighted by atomic mass is 10.1. The van der Waals surface area contributed by atoms with Crippen molar-refractivity contribution in [3.8, 4) is 12.3 Å². The van der Waals surface area contributed by atoms with Gasteiger partial charge in [-0.2, -0.15) is 0 Å². The van der Waals surface area contributed by atoms with Crippen LogP contribution in [0.15, 0.2) is 18.2 Å². The molecule has 1 amide bonds. The predicted molar refractivity (Wildman–Crippen MR) is 73.7 cm³/mol. The standard InChI is InChI=1S/C14H13Cl2NO/c1-2-10-7-14(18)17(9-10)6-5-11-3-4-12(15)8-13(11)16/h1,3-4,8,10H,5-7,9H2. The van der Waals surface area contributed by atoms with Crippen LogP contribution in [0.2, 0.25) is 10.0 Å². The van der Waals surface area contributed by atoms with E-state index in [1.54, 1.807) is 17.0 Å². The summed E-state index contributed by atoms with van der Waals surface area (Å²) < 4.78 is 0. The zero-order valence-electron chi connectivity index (χ0n) is 9.83. The first-order chi connectivity index (χ1) is 8.60. The van der Waals surface area contributed by atoms with Crippen LogP contribution in [0.4, 0.5) is 0 Å². The van der Waals surface area contributed by atoms with Crippen LogP contribution in [0.1, 0.15) is 12.0 Å². The van der Waals surface area contributed by atoms with Crippen molar-refractivity contribution in [1.82, 2.24) is 4.90 Å². The van der Waals surface area contributed by atoms with E-state index in [1.165, 1.54) is 0 Å².